The van der Waals surface area contributed by atoms with E-state index >= 15 is 0 Å². The Kier molecular flexibility index (Phi) is 16.9. The van der Waals surface area contributed by atoms with Crippen molar-refractivity contribution in [1.29, 1.82) is 0 Å². The number of unbranched alkanes of at least 4 members (excludes halogenated alkanes) is 9. The average molecular weight is 499 g/mol. The first-order chi connectivity index (χ1) is 16.4. The van der Waals surface area contributed by atoms with Gasteiger partial charge in [-0.2, -0.15) is 8.42 Å². The van der Waals surface area contributed by atoms with Gasteiger partial charge in [-0.15, -0.1) is 0 Å². The van der Waals surface area contributed by atoms with Crippen LogP contribution in [0.4, 0.5) is 4.79 Å². The molecule has 0 saturated carbocycles. The molecule has 1 rings (SSSR count). The van der Waals surface area contributed by atoms with E-state index in [-0.39, 0.29) is 19.1 Å². The second kappa shape index (κ2) is 19.2. The highest BCUT2D eigenvalue weighted by Gasteiger charge is 2.04. The van der Waals surface area contributed by atoms with E-state index in [9.17, 15) is 18.0 Å². The molecule has 0 unspecified atom stereocenters. The Hall–Kier alpha value is -2.13. The molecule has 1 aromatic carbocycles. The second-order valence-electron chi connectivity index (χ2n) is 8.50. The molecule has 2 N–H and O–H groups in total. The molecule has 0 aliphatic heterocycles. The van der Waals surface area contributed by atoms with Gasteiger partial charge in [-0.3, -0.25) is 8.98 Å². The fourth-order valence-electron chi connectivity index (χ4n) is 3.37. The summed E-state index contributed by atoms with van der Waals surface area (Å²) in [6.07, 6.45) is 12.1. The lowest BCUT2D eigenvalue weighted by molar-refractivity contribution is -0.121. The number of hydrogen-bond donors (Lipinski definition) is 2. The van der Waals surface area contributed by atoms with E-state index < -0.39 is 16.2 Å². The highest BCUT2D eigenvalue weighted by molar-refractivity contribution is 7.85. The third-order valence-electron chi connectivity index (χ3n) is 5.25. The molecular weight excluding hydrogens is 456 g/mol. The van der Waals surface area contributed by atoms with E-state index in [0.29, 0.717) is 13.0 Å². The molecule has 0 spiro atoms. The smallest absolute Gasteiger partial charge is 0.407 e. The zero-order valence-electron chi connectivity index (χ0n) is 20.6. The predicted octanol–water partition coefficient (Wildman–Crippen LogP) is 4.69. The second-order valence-corrected chi connectivity index (χ2v) is 10.1. The Morgan fingerprint density at radius 1 is 0.765 bits per heavy atom. The van der Waals surface area contributed by atoms with E-state index in [1.54, 1.807) is 0 Å². The number of alkyl carbamates (subject to hydrolysis) is 1. The normalized spacial score (nSPS) is 11.2. The van der Waals surface area contributed by atoms with Gasteiger partial charge in [-0.05, 0) is 31.2 Å². The monoisotopic (exact) mass is 498 g/mol. The Balaban J connectivity index is 1.81. The van der Waals surface area contributed by atoms with Gasteiger partial charge in [-0.25, -0.2) is 4.79 Å². The number of benzene rings is 1. The lowest BCUT2D eigenvalue weighted by Crippen LogP contribution is -2.25. The predicted molar refractivity (Wildman–Crippen MR) is 134 cm³/mol. The van der Waals surface area contributed by atoms with Crippen molar-refractivity contribution in [3.63, 3.8) is 0 Å². The Labute approximate surface area is 205 Å². The molecule has 0 bridgehead atoms. The molecule has 0 aliphatic rings. The lowest BCUT2D eigenvalue weighted by Gasteiger charge is -2.07. The zero-order valence-corrected chi connectivity index (χ0v) is 21.4. The van der Waals surface area contributed by atoms with Crippen LogP contribution in [0.15, 0.2) is 30.3 Å². The highest BCUT2D eigenvalue weighted by Crippen LogP contribution is 2.09. The Morgan fingerprint density at radius 2 is 1.32 bits per heavy atom. The highest BCUT2D eigenvalue weighted by atomic mass is 32.2. The fourth-order valence-corrected chi connectivity index (χ4v) is 3.79. The van der Waals surface area contributed by atoms with Crippen molar-refractivity contribution in [3.8, 4) is 0 Å². The largest absolute Gasteiger partial charge is 0.445 e. The SMILES string of the molecule is CS(=O)(=O)OCCCCCCCCCCNC(=O)CCCCCNC(=O)OCc1ccccc1. The van der Waals surface area contributed by atoms with Gasteiger partial charge in [0.05, 0.1) is 12.9 Å². The average Bonchev–Trinajstić information content (AvgIpc) is 2.80. The van der Waals surface area contributed by atoms with Gasteiger partial charge >= 0.3 is 6.09 Å². The molecular formula is C25H42N2O6S. The summed E-state index contributed by atoms with van der Waals surface area (Å²) in [6, 6.07) is 9.55. The number of nitrogens with one attached hydrogen (secondary N) is 2. The van der Waals surface area contributed by atoms with Crippen LogP contribution in [0.25, 0.3) is 0 Å². The molecule has 0 heterocycles. The van der Waals surface area contributed by atoms with Crippen LogP contribution in [0.5, 0.6) is 0 Å². The first-order valence-corrected chi connectivity index (χ1v) is 14.2. The number of carbonyl (C=O) groups excluding carboxylic acids is 2. The number of carbonyl (C=O) groups is 2. The van der Waals surface area contributed by atoms with Gasteiger partial charge in [0.15, 0.2) is 0 Å². The molecule has 0 atom stereocenters. The molecule has 2 amide bonds. The van der Waals surface area contributed by atoms with Gasteiger partial charge in [0.25, 0.3) is 10.1 Å². The molecule has 34 heavy (non-hydrogen) atoms. The number of hydrogen-bond acceptors (Lipinski definition) is 6. The van der Waals surface area contributed by atoms with E-state index in [1.807, 2.05) is 30.3 Å². The van der Waals surface area contributed by atoms with Gasteiger partial charge in [0.2, 0.25) is 5.91 Å². The van der Waals surface area contributed by atoms with Crippen molar-refractivity contribution in [2.45, 2.75) is 83.7 Å². The first-order valence-electron chi connectivity index (χ1n) is 12.4. The standard InChI is InChI=1S/C25H42N2O6S/c1-34(30,31)33-21-15-7-5-3-2-4-6-13-19-26-24(28)18-12-9-14-20-27-25(29)32-22-23-16-10-8-11-17-23/h8,10-11,16-17H,2-7,9,12-15,18-22H2,1H3,(H,26,28)(H,27,29). The van der Waals surface area contributed by atoms with Crippen molar-refractivity contribution in [2.24, 2.45) is 0 Å². The molecule has 0 aromatic heterocycles. The summed E-state index contributed by atoms with van der Waals surface area (Å²) >= 11 is 0. The number of rotatable bonds is 20. The summed E-state index contributed by atoms with van der Waals surface area (Å²) in [5, 5.41) is 5.70. The number of amides is 2. The Bertz CT molecular complexity index is 771. The Morgan fingerprint density at radius 3 is 1.97 bits per heavy atom. The van der Waals surface area contributed by atoms with Gasteiger partial charge < -0.3 is 15.4 Å². The van der Waals surface area contributed by atoms with Gasteiger partial charge in [0, 0.05) is 19.5 Å². The summed E-state index contributed by atoms with van der Waals surface area (Å²) in [4.78, 5) is 23.5. The van der Waals surface area contributed by atoms with E-state index in [0.717, 1.165) is 89.0 Å². The van der Waals surface area contributed by atoms with Crippen LogP contribution in [0.1, 0.15) is 82.6 Å². The van der Waals surface area contributed by atoms with Crippen LogP contribution in [0.2, 0.25) is 0 Å². The lowest BCUT2D eigenvalue weighted by atomic mass is 10.1. The van der Waals surface area contributed by atoms with Crippen molar-refractivity contribution in [1.82, 2.24) is 10.6 Å². The number of ether oxygens (including phenoxy) is 1. The van der Waals surface area contributed by atoms with E-state index in [4.69, 9.17) is 8.92 Å². The fraction of sp³-hybridized carbons (Fsp3) is 0.680. The van der Waals surface area contributed by atoms with Crippen LogP contribution in [-0.4, -0.2) is 46.4 Å². The summed E-state index contributed by atoms with van der Waals surface area (Å²) in [5.41, 5.74) is 0.954. The van der Waals surface area contributed by atoms with E-state index in [2.05, 4.69) is 10.6 Å². The quantitative estimate of drug-likeness (QED) is 0.199. The molecule has 0 fully saturated rings. The van der Waals surface area contributed by atoms with Crippen molar-refractivity contribution in [3.05, 3.63) is 35.9 Å². The van der Waals surface area contributed by atoms with Crippen LogP contribution in [-0.2, 0) is 30.4 Å². The van der Waals surface area contributed by atoms with Crippen LogP contribution in [0, 0.1) is 0 Å². The molecule has 1 aromatic rings. The minimum atomic E-state index is -3.31. The molecule has 0 aliphatic carbocycles. The summed E-state index contributed by atoms with van der Waals surface area (Å²) in [7, 11) is -3.31. The van der Waals surface area contributed by atoms with Crippen LogP contribution < -0.4 is 10.6 Å². The summed E-state index contributed by atoms with van der Waals surface area (Å²) in [6.45, 7) is 1.80. The maximum Gasteiger partial charge on any atom is 0.407 e. The van der Waals surface area contributed by atoms with Crippen molar-refractivity contribution in [2.75, 3.05) is 26.0 Å². The van der Waals surface area contributed by atoms with Crippen molar-refractivity contribution >= 4 is 22.1 Å². The van der Waals surface area contributed by atoms with Gasteiger partial charge in [0.1, 0.15) is 6.61 Å². The van der Waals surface area contributed by atoms with Gasteiger partial charge in [-0.1, -0.05) is 75.3 Å². The third kappa shape index (κ3) is 19.3. The molecule has 0 saturated heterocycles. The molecule has 194 valence electrons. The maximum absolute atomic E-state index is 11.9. The molecule has 8 nitrogen and oxygen atoms in total. The summed E-state index contributed by atoms with van der Waals surface area (Å²) in [5.74, 6) is 0.0894. The third-order valence-corrected chi connectivity index (χ3v) is 5.85. The first kappa shape index (κ1) is 29.9. The van der Waals surface area contributed by atoms with E-state index in [1.165, 1.54) is 0 Å². The topological polar surface area (TPSA) is 111 Å². The van der Waals surface area contributed by atoms with Crippen LogP contribution in [0.3, 0.4) is 0 Å². The van der Waals surface area contributed by atoms with Crippen LogP contribution >= 0.6 is 0 Å². The molecule has 9 heteroatoms. The maximum atomic E-state index is 11.9. The summed E-state index contributed by atoms with van der Waals surface area (Å²) < 4.78 is 31.5. The zero-order chi connectivity index (χ0) is 24.9. The molecule has 0 radical (unpaired) electrons. The van der Waals surface area contributed by atoms with Crippen molar-refractivity contribution < 1.29 is 26.9 Å². The minimum absolute atomic E-state index is 0.0894. The minimum Gasteiger partial charge on any atom is -0.445 e.